The maximum Gasteiger partial charge on any atom is 0.251 e. The number of amides is 1. The number of hydrogen-bond acceptors (Lipinski definition) is 4. The molecule has 0 saturated carbocycles. The Balaban J connectivity index is 1.97. The van der Waals surface area contributed by atoms with Crippen molar-refractivity contribution in [3.63, 3.8) is 0 Å². The molecule has 0 atom stereocenters. The van der Waals surface area contributed by atoms with Gasteiger partial charge in [0, 0.05) is 17.1 Å². The second-order valence-electron chi connectivity index (χ2n) is 5.36. The number of ether oxygens (including phenoxy) is 3. The summed E-state index contributed by atoms with van der Waals surface area (Å²) in [6, 6.07) is 11.0. The van der Waals surface area contributed by atoms with E-state index >= 15 is 0 Å². The van der Waals surface area contributed by atoms with Gasteiger partial charge in [-0.2, -0.15) is 0 Å². The van der Waals surface area contributed by atoms with E-state index in [2.05, 4.69) is 5.32 Å². The lowest BCUT2D eigenvalue weighted by atomic mass is 10.1. The van der Waals surface area contributed by atoms with E-state index in [0.29, 0.717) is 29.4 Å². The summed E-state index contributed by atoms with van der Waals surface area (Å²) < 4.78 is 15.8. The number of rotatable bonds is 8. The first kappa shape index (κ1) is 18.9. The van der Waals surface area contributed by atoms with Crippen molar-refractivity contribution in [2.45, 2.75) is 12.8 Å². The van der Waals surface area contributed by atoms with Gasteiger partial charge in [0.05, 0.1) is 21.3 Å². The van der Waals surface area contributed by atoms with Crippen LogP contribution in [0.5, 0.6) is 17.2 Å². The summed E-state index contributed by atoms with van der Waals surface area (Å²) in [5, 5.41) is 3.64. The molecule has 6 heteroatoms. The number of nitrogens with one attached hydrogen (secondary N) is 1. The Morgan fingerprint density at radius 3 is 2.24 bits per heavy atom. The Morgan fingerprint density at radius 2 is 1.68 bits per heavy atom. The Hall–Kier alpha value is -2.40. The fourth-order valence-corrected chi connectivity index (χ4v) is 2.73. The lowest BCUT2D eigenvalue weighted by Gasteiger charge is -2.14. The Morgan fingerprint density at radius 1 is 1.04 bits per heavy atom. The highest BCUT2D eigenvalue weighted by Crippen LogP contribution is 2.38. The van der Waals surface area contributed by atoms with E-state index in [1.54, 1.807) is 12.1 Å². The topological polar surface area (TPSA) is 56.8 Å². The number of carbonyl (C=O) groups is 1. The number of methoxy groups -OCH3 is 3. The lowest BCUT2D eigenvalue weighted by Crippen LogP contribution is -2.25. The van der Waals surface area contributed by atoms with Crippen LogP contribution >= 0.6 is 11.6 Å². The summed E-state index contributed by atoms with van der Waals surface area (Å²) in [5.74, 6) is 1.16. The first-order valence-electron chi connectivity index (χ1n) is 7.92. The van der Waals surface area contributed by atoms with Gasteiger partial charge in [0.25, 0.3) is 5.91 Å². The van der Waals surface area contributed by atoms with E-state index in [-0.39, 0.29) is 5.91 Å². The van der Waals surface area contributed by atoms with E-state index in [4.69, 9.17) is 25.8 Å². The van der Waals surface area contributed by atoms with Crippen LogP contribution in [-0.4, -0.2) is 33.8 Å². The Kier molecular flexibility index (Phi) is 6.95. The van der Waals surface area contributed by atoms with Crippen LogP contribution in [0.3, 0.4) is 0 Å². The molecule has 0 aliphatic carbocycles. The largest absolute Gasteiger partial charge is 0.493 e. The monoisotopic (exact) mass is 363 g/mol. The summed E-state index contributed by atoms with van der Waals surface area (Å²) in [7, 11) is 4.56. The molecule has 0 aromatic heterocycles. The van der Waals surface area contributed by atoms with Gasteiger partial charge in [-0.1, -0.05) is 29.8 Å². The molecule has 0 heterocycles. The van der Waals surface area contributed by atoms with Crippen LogP contribution < -0.4 is 19.5 Å². The zero-order valence-corrected chi connectivity index (χ0v) is 15.4. The minimum atomic E-state index is -0.196. The Labute approximate surface area is 152 Å². The van der Waals surface area contributed by atoms with Crippen LogP contribution in [0.1, 0.15) is 22.3 Å². The van der Waals surface area contributed by atoms with Gasteiger partial charge >= 0.3 is 0 Å². The van der Waals surface area contributed by atoms with Gasteiger partial charge in [0.1, 0.15) is 0 Å². The molecule has 5 nitrogen and oxygen atoms in total. The van der Waals surface area contributed by atoms with Gasteiger partial charge < -0.3 is 19.5 Å². The summed E-state index contributed by atoms with van der Waals surface area (Å²) >= 11 is 6.13. The number of halogens is 1. The summed E-state index contributed by atoms with van der Waals surface area (Å²) in [4.78, 5) is 12.4. The van der Waals surface area contributed by atoms with Crippen molar-refractivity contribution in [3.05, 3.63) is 52.5 Å². The number of benzene rings is 2. The SMILES string of the molecule is COc1cc(C(=O)NCCCc2ccccc2Cl)cc(OC)c1OC. The van der Waals surface area contributed by atoms with Crippen LogP contribution in [0.2, 0.25) is 5.02 Å². The quantitative estimate of drug-likeness (QED) is 0.726. The molecular weight excluding hydrogens is 342 g/mol. The fourth-order valence-electron chi connectivity index (χ4n) is 2.50. The van der Waals surface area contributed by atoms with Gasteiger partial charge in [0.15, 0.2) is 11.5 Å². The summed E-state index contributed by atoms with van der Waals surface area (Å²) in [6.45, 7) is 0.542. The van der Waals surface area contributed by atoms with E-state index in [9.17, 15) is 4.79 Å². The third kappa shape index (κ3) is 4.79. The summed E-state index contributed by atoms with van der Waals surface area (Å²) in [5.41, 5.74) is 1.53. The molecule has 0 radical (unpaired) electrons. The molecule has 0 unspecified atom stereocenters. The first-order valence-corrected chi connectivity index (χ1v) is 8.30. The molecule has 0 saturated heterocycles. The van der Waals surface area contributed by atoms with Crippen LogP contribution in [0, 0.1) is 0 Å². The molecule has 2 aromatic carbocycles. The van der Waals surface area contributed by atoms with Crippen molar-refractivity contribution in [2.24, 2.45) is 0 Å². The zero-order valence-electron chi connectivity index (χ0n) is 14.6. The van der Waals surface area contributed by atoms with Crippen LogP contribution in [-0.2, 0) is 6.42 Å². The predicted molar refractivity (Wildman–Crippen MR) is 98.2 cm³/mol. The molecule has 134 valence electrons. The predicted octanol–water partition coefficient (Wildman–Crippen LogP) is 3.73. The van der Waals surface area contributed by atoms with Crippen molar-refractivity contribution in [1.82, 2.24) is 5.32 Å². The van der Waals surface area contributed by atoms with Crippen molar-refractivity contribution < 1.29 is 19.0 Å². The highest BCUT2D eigenvalue weighted by atomic mass is 35.5. The van der Waals surface area contributed by atoms with Crippen molar-refractivity contribution in [3.8, 4) is 17.2 Å². The average molecular weight is 364 g/mol. The van der Waals surface area contributed by atoms with E-state index < -0.39 is 0 Å². The molecule has 25 heavy (non-hydrogen) atoms. The van der Waals surface area contributed by atoms with Crippen LogP contribution in [0.4, 0.5) is 0 Å². The zero-order chi connectivity index (χ0) is 18.2. The molecule has 2 rings (SSSR count). The second-order valence-corrected chi connectivity index (χ2v) is 5.77. The van der Waals surface area contributed by atoms with Crippen molar-refractivity contribution in [2.75, 3.05) is 27.9 Å². The van der Waals surface area contributed by atoms with Crippen molar-refractivity contribution >= 4 is 17.5 Å². The van der Waals surface area contributed by atoms with Crippen LogP contribution in [0.15, 0.2) is 36.4 Å². The maximum absolute atomic E-state index is 12.4. The second kappa shape index (κ2) is 9.18. The number of carbonyl (C=O) groups excluding carboxylic acids is 1. The highest BCUT2D eigenvalue weighted by molar-refractivity contribution is 6.31. The molecule has 0 aliphatic heterocycles. The van der Waals surface area contributed by atoms with Gasteiger partial charge in [0.2, 0.25) is 5.75 Å². The highest BCUT2D eigenvalue weighted by Gasteiger charge is 2.16. The molecule has 0 bridgehead atoms. The minimum Gasteiger partial charge on any atom is -0.493 e. The van der Waals surface area contributed by atoms with Crippen molar-refractivity contribution in [1.29, 1.82) is 0 Å². The average Bonchev–Trinajstić information content (AvgIpc) is 2.64. The smallest absolute Gasteiger partial charge is 0.251 e. The molecule has 1 amide bonds. The first-order chi connectivity index (χ1) is 12.1. The van der Waals surface area contributed by atoms with E-state index in [1.807, 2.05) is 24.3 Å². The molecule has 0 spiro atoms. The number of aryl methyl sites for hydroxylation is 1. The molecule has 0 fully saturated rings. The summed E-state index contributed by atoms with van der Waals surface area (Å²) in [6.07, 6.45) is 1.59. The minimum absolute atomic E-state index is 0.196. The van der Waals surface area contributed by atoms with Gasteiger partial charge in [-0.25, -0.2) is 0 Å². The van der Waals surface area contributed by atoms with E-state index in [0.717, 1.165) is 23.4 Å². The third-order valence-electron chi connectivity index (χ3n) is 3.79. The molecular formula is C19H22ClNO4. The molecule has 2 aromatic rings. The number of hydrogen-bond donors (Lipinski definition) is 1. The molecule has 1 N–H and O–H groups in total. The lowest BCUT2D eigenvalue weighted by molar-refractivity contribution is 0.0952. The van der Waals surface area contributed by atoms with Gasteiger partial charge in [-0.05, 0) is 36.6 Å². The fraction of sp³-hybridized carbons (Fsp3) is 0.316. The molecule has 0 aliphatic rings. The maximum atomic E-state index is 12.4. The third-order valence-corrected chi connectivity index (χ3v) is 4.16. The van der Waals surface area contributed by atoms with E-state index in [1.165, 1.54) is 21.3 Å². The normalized spacial score (nSPS) is 10.2. The van der Waals surface area contributed by atoms with Crippen LogP contribution in [0.25, 0.3) is 0 Å². The van der Waals surface area contributed by atoms with Gasteiger partial charge in [-0.3, -0.25) is 4.79 Å². The Bertz CT molecular complexity index is 708. The van der Waals surface area contributed by atoms with Gasteiger partial charge in [-0.15, -0.1) is 0 Å². The standard InChI is InChI=1S/C19H22ClNO4/c1-23-16-11-14(12-17(24-2)18(16)25-3)19(22)21-10-6-8-13-7-4-5-9-15(13)20/h4-5,7,9,11-12H,6,8,10H2,1-3H3,(H,21,22).